The Morgan fingerprint density at radius 2 is 0.929 bits per heavy atom. The first-order chi connectivity index (χ1) is 13.8. The minimum atomic E-state index is -0.0910. The fourth-order valence-corrected chi connectivity index (χ4v) is 3.12. The predicted octanol–water partition coefficient (Wildman–Crippen LogP) is 6.84. The van der Waals surface area contributed by atoms with Gasteiger partial charge in [0.1, 0.15) is 0 Å². The number of hydrogen-bond acceptors (Lipinski definition) is 4. The van der Waals surface area contributed by atoms with Gasteiger partial charge in [-0.25, -0.2) is 0 Å². The molecular formula is C24H48O4. The van der Waals surface area contributed by atoms with Gasteiger partial charge in [0.2, 0.25) is 0 Å². The van der Waals surface area contributed by atoms with Crippen LogP contribution >= 0.6 is 0 Å². The summed E-state index contributed by atoms with van der Waals surface area (Å²) in [5.41, 5.74) is 0. The van der Waals surface area contributed by atoms with E-state index in [2.05, 4.69) is 13.8 Å². The van der Waals surface area contributed by atoms with E-state index < -0.39 is 0 Å². The molecule has 0 amide bonds. The molecule has 0 heterocycles. The first kappa shape index (κ1) is 27.4. The standard InChI is InChI=1S/C24H48O4/c1-3-5-7-9-10-11-12-13-14-16-21-28-24(25)18-17-20-27-23-22-26-19-15-8-6-4-2/h3-23H2,1-2H3. The number of ether oxygens (including phenoxy) is 3. The normalized spacial score (nSPS) is 11.1. The maximum absolute atomic E-state index is 11.7. The highest BCUT2D eigenvalue weighted by Gasteiger charge is 2.02. The molecule has 0 aromatic rings. The molecule has 0 aliphatic rings. The van der Waals surface area contributed by atoms with E-state index in [-0.39, 0.29) is 5.97 Å². The molecule has 0 bridgehead atoms. The lowest BCUT2D eigenvalue weighted by molar-refractivity contribution is -0.144. The second kappa shape index (κ2) is 24.4. The minimum absolute atomic E-state index is 0.0910. The second-order valence-electron chi connectivity index (χ2n) is 7.79. The fourth-order valence-electron chi connectivity index (χ4n) is 3.12. The van der Waals surface area contributed by atoms with E-state index in [0.29, 0.717) is 32.8 Å². The van der Waals surface area contributed by atoms with Gasteiger partial charge in [-0.05, 0) is 19.3 Å². The molecule has 168 valence electrons. The minimum Gasteiger partial charge on any atom is -0.466 e. The Morgan fingerprint density at radius 3 is 1.50 bits per heavy atom. The highest BCUT2D eigenvalue weighted by atomic mass is 16.5. The van der Waals surface area contributed by atoms with E-state index in [1.165, 1.54) is 77.0 Å². The van der Waals surface area contributed by atoms with Crippen molar-refractivity contribution in [3.05, 3.63) is 0 Å². The molecular weight excluding hydrogens is 352 g/mol. The molecule has 0 aromatic heterocycles. The molecule has 4 heteroatoms. The highest BCUT2D eigenvalue weighted by Crippen LogP contribution is 2.10. The lowest BCUT2D eigenvalue weighted by atomic mass is 10.1. The van der Waals surface area contributed by atoms with Gasteiger partial charge in [0.15, 0.2) is 0 Å². The van der Waals surface area contributed by atoms with Crippen molar-refractivity contribution in [2.75, 3.05) is 33.0 Å². The van der Waals surface area contributed by atoms with E-state index >= 15 is 0 Å². The Kier molecular flexibility index (Phi) is 23.9. The number of rotatable bonds is 23. The van der Waals surface area contributed by atoms with E-state index in [1.807, 2.05) is 0 Å². The van der Waals surface area contributed by atoms with Crippen LogP contribution in [0.5, 0.6) is 0 Å². The van der Waals surface area contributed by atoms with Gasteiger partial charge in [-0.1, -0.05) is 90.9 Å². The molecule has 0 aromatic carbocycles. The topological polar surface area (TPSA) is 44.8 Å². The molecule has 4 nitrogen and oxygen atoms in total. The van der Waals surface area contributed by atoms with Crippen LogP contribution in [0.25, 0.3) is 0 Å². The Hall–Kier alpha value is -0.610. The predicted molar refractivity (Wildman–Crippen MR) is 118 cm³/mol. The average Bonchev–Trinajstić information content (AvgIpc) is 2.70. The third-order valence-electron chi connectivity index (χ3n) is 4.94. The molecule has 0 rings (SSSR count). The summed E-state index contributed by atoms with van der Waals surface area (Å²) in [6.45, 7) is 7.73. The van der Waals surface area contributed by atoms with Gasteiger partial charge in [0, 0.05) is 19.6 Å². The average molecular weight is 401 g/mol. The van der Waals surface area contributed by atoms with Gasteiger partial charge in [-0.2, -0.15) is 0 Å². The first-order valence-electron chi connectivity index (χ1n) is 12.1. The van der Waals surface area contributed by atoms with E-state index in [4.69, 9.17) is 14.2 Å². The van der Waals surface area contributed by atoms with Crippen LogP contribution in [-0.2, 0) is 19.0 Å². The molecule has 0 saturated carbocycles. The van der Waals surface area contributed by atoms with E-state index in [1.54, 1.807) is 0 Å². The molecule has 0 radical (unpaired) electrons. The van der Waals surface area contributed by atoms with Crippen LogP contribution in [-0.4, -0.2) is 39.0 Å². The summed E-state index contributed by atoms with van der Waals surface area (Å²) < 4.78 is 16.3. The zero-order valence-electron chi connectivity index (χ0n) is 19.0. The summed E-state index contributed by atoms with van der Waals surface area (Å²) in [5.74, 6) is -0.0910. The largest absolute Gasteiger partial charge is 0.466 e. The summed E-state index contributed by atoms with van der Waals surface area (Å²) in [6, 6.07) is 0. The number of carbonyl (C=O) groups is 1. The Labute approximate surface area is 175 Å². The van der Waals surface area contributed by atoms with Crippen molar-refractivity contribution in [1.29, 1.82) is 0 Å². The number of unbranched alkanes of at least 4 members (excludes halogenated alkanes) is 12. The third-order valence-corrected chi connectivity index (χ3v) is 4.94. The summed E-state index contributed by atoms with van der Waals surface area (Å²) in [5, 5.41) is 0. The van der Waals surface area contributed by atoms with Crippen LogP contribution in [0, 0.1) is 0 Å². The fraction of sp³-hybridized carbons (Fsp3) is 0.958. The number of esters is 1. The second-order valence-corrected chi connectivity index (χ2v) is 7.79. The summed E-state index contributed by atoms with van der Waals surface area (Å²) in [7, 11) is 0. The Morgan fingerprint density at radius 1 is 0.500 bits per heavy atom. The molecule has 0 N–H and O–H groups in total. The quantitative estimate of drug-likeness (QED) is 0.139. The molecule has 0 fully saturated rings. The summed E-state index contributed by atoms with van der Waals surface area (Å²) in [4.78, 5) is 11.7. The van der Waals surface area contributed by atoms with E-state index in [9.17, 15) is 4.79 Å². The zero-order valence-corrected chi connectivity index (χ0v) is 19.0. The molecule has 0 atom stereocenters. The first-order valence-corrected chi connectivity index (χ1v) is 12.1. The Balaban J connectivity index is 3.13. The number of hydrogen-bond donors (Lipinski definition) is 0. The van der Waals surface area contributed by atoms with E-state index in [0.717, 1.165) is 25.9 Å². The molecule has 0 spiro atoms. The summed E-state index contributed by atoms with van der Waals surface area (Å²) >= 11 is 0. The van der Waals surface area contributed by atoms with Gasteiger partial charge >= 0.3 is 5.97 Å². The van der Waals surface area contributed by atoms with Crippen molar-refractivity contribution in [1.82, 2.24) is 0 Å². The number of carbonyl (C=O) groups excluding carboxylic acids is 1. The van der Waals surface area contributed by atoms with Crippen molar-refractivity contribution in [2.45, 2.75) is 117 Å². The lowest BCUT2D eigenvalue weighted by Crippen LogP contribution is -2.09. The lowest BCUT2D eigenvalue weighted by Gasteiger charge is -2.07. The van der Waals surface area contributed by atoms with Gasteiger partial charge in [-0.15, -0.1) is 0 Å². The van der Waals surface area contributed by atoms with Crippen LogP contribution in [0.2, 0.25) is 0 Å². The van der Waals surface area contributed by atoms with Gasteiger partial charge in [-0.3, -0.25) is 4.79 Å². The Bertz CT molecular complexity index is 279. The van der Waals surface area contributed by atoms with Crippen LogP contribution in [0.4, 0.5) is 0 Å². The molecule has 0 aliphatic carbocycles. The molecule has 0 aliphatic heterocycles. The van der Waals surface area contributed by atoms with Gasteiger partial charge in [0.25, 0.3) is 0 Å². The molecule has 0 unspecified atom stereocenters. The molecule has 28 heavy (non-hydrogen) atoms. The smallest absolute Gasteiger partial charge is 0.305 e. The van der Waals surface area contributed by atoms with Crippen LogP contribution in [0.15, 0.2) is 0 Å². The monoisotopic (exact) mass is 400 g/mol. The highest BCUT2D eigenvalue weighted by molar-refractivity contribution is 5.69. The van der Waals surface area contributed by atoms with Crippen molar-refractivity contribution in [2.24, 2.45) is 0 Å². The van der Waals surface area contributed by atoms with Gasteiger partial charge < -0.3 is 14.2 Å². The van der Waals surface area contributed by atoms with Crippen molar-refractivity contribution < 1.29 is 19.0 Å². The third kappa shape index (κ3) is 23.4. The van der Waals surface area contributed by atoms with Crippen LogP contribution < -0.4 is 0 Å². The van der Waals surface area contributed by atoms with Gasteiger partial charge in [0.05, 0.1) is 19.8 Å². The maximum Gasteiger partial charge on any atom is 0.305 e. The van der Waals surface area contributed by atoms with Crippen molar-refractivity contribution >= 4 is 5.97 Å². The van der Waals surface area contributed by atoms with Crippen LogP contribution in [0.3, 0.4) is 0 Å². The summed E-state index contributed by atoms with van der Waals surface area (Å²) in [6.07, 6.45) is 19.1. The molecule has 0 saturated heterocycles. The zero-order chi connectivity index (χ0) is 20.5. The van der Waals surface area contributed by atoms with Crippen molar-refractivity contribution in [3.8, 4) is 0 Å². The maximum atomic E-state index is 11.7. The van der Waals surface area contributed by atoms with Crippen LogP contribution in [0.1, 0.15) is 117 Å². The van der Waals surface area contributed by atoms with Crippen molar-refractivity contribution in [3.63, 3.8) is 0 Å². The SMILES string of the molecule is CCCCCCCCCCCCOC(=O)CCCOCCOCCCCCC.